The summed E-state index contributed by atoms with van der Waals surface area (Å²) in [7, 11) is 1.64. The Morgan fingerprint density at radius 1 is 1.35 bits per heavy atom. The highest BCUT2D eigenvalue weighted by atomic mass is 16.5. The molecule has 0 aromatic heterocycles. The number of amides is 2. The summed E-state index contributed by atoms with van der Waals surface area (Å²) in [6.07, 6.45) is 2.20. The van der Waals surface area contributed by atoms with E-state index >= 15 is 0 Å². The molecule has 1 aromatic carbocycles. The Morgan fingerprint density at radius 3 is 2.53 bits per heavy atom. The molecule has 0 saturated heterocycles. The van der Waals surface area contributed by atoms with Crippen molar-refractivity contribution >= 4 is 6.03 Å². The van der Waals surface area contributed by atoms with Crippen LogP contribution in [0, 0.1) is 0 Å². The van der Waals surface area contributed by atoms with E-state index in [9.17, 15) is 4.79 Å². The van der Waals surface area contributed by atoms with E-state index in [1.54, 1.807) is 7.11 Å². The van der Waals surface area contributed by atoms with Crippen LogP contribution in [0.25, 0.3) is 0 Å². The number of urea groups is 1. The van der Waals surface area contributed by atoms with Crippen molar-refractivity contribution in [2.75, 3.05) is 7.11 Å². The molecule has 0 spiro atoms. The molecular weight excluding hydrogens is 216 g/mol. The molecule has 0 radical (unpaired) electrons. The summed E-state index contributed by atoms with van der Waals surface area (Å²) in [5.41, 5.74) is 1.07. The third-order valence-corrected chi connectivity index (χ3v) is 2.88. The summed E-state index contributed by atoms with van der Waals surface area (Å²) < 4.78 is 5.09. The minimum atomic E-state index is -0.0872. The van der Waals surface area contributed by atoms with Crippen LogP contribution in [0.1, 0.15) is 31.4 Å². The summed E-state index contributed by atoms with van der Waals surface area (Å²) in [5, 5.41) is 5.82. The number of methoxy groups -OCH3 is 1. The van der Waals surface area contributed by atoms with Gasteiger partial charge in [0.15, 0.2) is 0 Å². The number of benzene rings is 1. The lowest BCUT2D eigenvalue weighted by molar-refractivity contribution is 0.237. The molecule has 0 aliphatic heterocycles. The lowest BCUT2D eigenvalue weighted by Gasteiger charge is -2.15. The molecule has 0 heterocycles. The molecule has 17 heavy (non-hydrogen) atoms. The highest BCUT2D eigenvalue weighted by molar-refractivity contribution is 5.75. The van der Waals surface area contributed by atoms with Crippen LogP contribution < -0.4 is 15.4 Å². The minimum Gasteiger partial charge on any atom is -0.497 e. The molecule has 1 fully saturated rings. The van der Waals surface area contributed by atoms with Gasteiger partial charge in [-0.15, -0.1) is 0 Å². The van der Waals surface area contributed by atoms with Crippen LogP contribution in [-0.2, 0) is 0 Å². The zero-order chi connectivity index (χ0) is 12.3. The van der Waals surface area contributed by atoms with Crippen molar-refractivity contribution in [1.29, 1.82) is 0 Å². The van der Waals surface area contributed by atoms with Crippen LogP contribution in [0.2, 0.25) is 0 Å². The maximum atomic E-state index is 11.6. The minimum absolute atomic E-state index is 0.000318. The SMILES string of the molecule is COc1ccc(C(C)NC(=O)NC2CC2)cc1. The first-order valence-electron chi connectivity index (χ1n) is 5.90. The first-order chi connectivity index (χ1) is 8.19. The Kier molecular flexibility index (Phi) is 3.52. The molecule has 2 amide bonds. The molecule has 1 aliphatic rings. The van der Waals surface area contributed by atoms with Gasteiger partial charge in [0.2, 0.25) is 0 Å². The largest absolute Gasteiger partial charge is 0.497 e. The van der Waals surface area contributed by atoms with E-state index in [-0.39, 0.29) is 12.1 Å². The molecule has 92 valence electrons. The Bertz CT molecular complexity index is 385. The van der Waals surface area contributed by atoms with Crippen molar-refractivity contribution in [3.63, 3.8) is 0 Å². The third-order valence-electron chi connectivity index (χ3n) is 2.88. The van der Waals surface area contributed by atoms with Gasteiger partial charge in [-0.25, -0.2) is 4.79 Å². The quantitative estimate of drug-likeness (QED) is 0.839. The molecule has 1 aromatic rings. The first-order valence-corrected chi connectivity index (χ1v) is 5.90. The first kappa shape index (κ1) is 11.8. The average molecular weight is 234 g/mol. The molecule has 2 N–H and O–H groups in total. The molecule has 0 bridgehead atoms. The van der Waals surface area contributed by atoms with Crippen molar-refractivity contribution in [2.45, 2.75) is 31.8 Å². The molecule has 1 aliphatic carbocycles. The summed E-state index contributed by atoms with van der Waals surface area (Å²) >= 11 is 0. The molecule has 1 atom stereocenters. The number of carbonyl (C=O) groups excluding carboxylic acids is 1. The van der Waals surface area contributed by atoms with E-state index in [4.69, 9.17) is 4.74 Å². The fourth-order valence-electron chi connectivity index (χ4n) is 1.63. The van der Waals surface area contributed by atoms with Gasteiger partial charge in [-0.05, 0) is 37.5 Å². The van der Waals surface area contributed by atoms with Crippen molar-refractivity contribution in [3.8, 4) is 5.75 Å². The maximum absolute atomic E-state index is 11.6. The Labute approximate surface area is 101 Å². The van der Waals surface area contributed by atoms with Gasteiger partial charge in [-0.3, -0.25) is 0 Å². The predicted octanol–water partition coefficient (Wildman–Crippen LogP) is 2.22. The highest BCUT2D eigenvalue weighted by Gasteiger charge is 2.23. The third kappa shape index (κ3) is 3.37. The van der Waals surface area contributed by atoms with E-state index in [0.717, 1.165) is 24.2 Å². The molecular formula is C13H18N2O2. The Hall–Kier alpha value is -1.71. The lowest BCUT2D eigenvalue weighted by atomic mass is 10.1. The van der Waals surface area contributed by atoms with Crippen LogP contribution in [0.15, 0.2) is 24.3 Å². The maximum Gasteiger partial charge on any atom is 0.315 e. The topological polar surface area (TPSA) is 50.4 Å². The fraction of sp³-hybridized carbons (Fsp3) is 0.462. The van der Waals surface area contributed by atoms with Gasteiger partial charge in [0.1, 0.15) is 5.75 Å². The van der Waals surface area contributed by atoms with Crippen molar-refractivity contribution in [1.82, 2.24) is 10.6 Å². The summed E-state index contributed by atoms with van der Waals surface area (Å²) in [6, 6.07) is 8.01. The second-order valence-electron chi connectivity index (χ2n) is 4.39. The van der Waals surface area contributed by atoms with Gasteiger partial charge in [-0.2, -0.15) is 0 Å². The average Bonchev–Trinajstić information content (AvgIpc) is 3.12. The number of hydrogen-bond donors (Lipinski definition) is 2. The van der Waals surface area contributed by atoms with Gasteiger partial charge in [0.05, 0.1) is 13.2 Å². The standard InChI is InChI=1S/C13H18N2O2/c1-9(14-13(16)15-11-5-6-11)10-3-7-12(17-2)8-4-10/h3-4,7-9,11H,5-6H2,1-2H3,(H2,14,15,16). The smallest absolute Gasteiger partial charge is 0.315 e. The van der Waals surface area contributed by atoms with E-state index < -0.39 is 0 Å². The van der Waals surface area contributed by atoms with Gasteiger partial charge in [-0.1, -0.05) is 12.1 Å². The van der Waals surface area contributed by atoms with Crippen LogP contribution in [0.3, 0.4) is 0 Å². The monoisotopic (exact) mass is 234 g/mol. The summed E-state index contributed by atoms with van der Waals surface area (Å²) in [4.78, 5) is 11.6. The van der Waals surface area contributed by atoms with E-state index in [1.165, 1.54) is 0 Å². The van der Waals surface area contributed by atoms with Crippen LogP contribution in [-0.4, -0.2) is 19.2 Å². The normalized spacial score (nSPS) is 16.1. The number of hydrogen-bond acceptors (Lipinski definition) is 2. The number of ether oxygens (including phenoxy) is 1. The molecule has 1 saturated carbocycles. The van der Waals surface area contributed by atoms with Crippen molar-refractivity contribution in [2.24, 2.45) is 0 Å². The molecule has 4 nitrogen and oxygen atoms in total. The van der Waals surface area contributed by atoms with E-state index in [0.29, 0.717) is 6.04 Å². The molecule has 2 rings (SSSR count). The second kappa shape index (κ2) is 5.08. The van der Waals surface area contributed by atoms with Gasteiger partial charge in [0, 0.05) is 6.04 Å². The zero-order valence-corrected chi connectivity index (χ0v) is 10.2. The van der Waals surface area contributed by atoms with Gasteiger partial charge < -0.3 is 15.4 Å². The number of carbonyl (C=O) groups is 1. The summed E-state index contributed by atoms with van der Waals surface area (Å²) in [6.45, 7) is 1.97. The fourth-order valence-corrected chi connectivity index (χ4v) is 1.63. The Balaban J connectivity index is 1.88. The molecule has 4 heteroatoms. The van der Waals surface area contributed by atoms with E-state index in [2.05, 4.69) is 10.6 Å². The number of nitrogens with one attached hydrogen (secondary N) is 2. The number of rotatable bonds is 4. The predicted molar refractivity (Wildman–Crippen MR) is 66.1 cm³/mol. The van der Waals surface area contributed by atoms with Gasteiger partial charge >= 0.3 is 6.03 Å². The van der Waals surface area contributed by atoms with Crippen molar-refractivity contribution in [3.05, 3.63) is 29.8 Å². The van der Waals surface area contributed by atoms with Gasteiger partial charge in [0.25, 0.3) is 0 Å². The van der Waals surface area contributed by atoms with Crippen LogP contribution in [0.5, 0.6) is 5.75 Å². The van der Waals surface area contributed by atoms with Crippen LogP contribution in [0.4, 0.5) is 4.79 Å². The zero-order valence-electron chi connectivity index (χ0n) is 10.2. The highest BCUT2D eigenvalue weighted by Crippen LogP contribution is 2.19. The van der Waals surface area contributed by atoms with Crippen LogP contribution >= 0.6 is 0 Å². The summed E-state index contributed by atoms with van der Waals surface area (Å²) in [5.74, 6) is 0.823. The van der Waals surface area contributed by atoms with Crippen molar-refractivity contribution < 1.29 is 9.53 Å². The Morgan fingerprint density at radius 2 is 2.00 bits per heavy atom. The lowest BCUT2D eigenvalue weighted by Crippen LogP contribution is -2.38. The van der Waals surface area contributed by atoms with E-state index in [1.807, 2.05) is 31.2 Å². The second-order valence-corrected chi connectivity index (χ2v) is 4.39. The molecule has 1 unspecified atom stereocenters.